The molecule has 35 heavy (non-hydrogen) atoms. The Kier molecular flexibility index (Phi) is 8.77. The van der Waals surface area contributed by atoms with Crippen molar-refractivity contribution in [2.75, 3.05) is 13.2 Å². The van der Waals surface area contributed by atoms with Gasteiger partial charge in [-0.2, -0.15) is 5.26 Å². The third-order valence-corrected chi connectivity index (χ3v) is 7.30. The summed E-state index contributed by atoms with van der Waals surface area (Å²) in [6.07, 6.45) is -0.104. The van der Waals surface area contributed by atoms with Crippen LogP contribution in [0.2, 0.25) is 0 Å². The number of sulfone groups is 1. The number of nitriles is 1. The fourth-order valence-corrected chi connectivity index (χ4v) is 4.86. The lowest BCUT2D eigenvalue weighted by atomic mass is 10.0. The van der Waals surface area contributed by atoms with E-state index in [1.54, 1.807) is 55.5 Å². The molecule has 3 aromatic rings. The number of nitrogens with one attached hydrogen (secondary N) is 1. The van der Waals surface area contributed by atoms with Crippen LogP contribution >= 0.6 is 0 Å². The minimum absolute atomic E-state index is 0.0293. The number of hydrogen-bond acceptors (Lipinski definition) is 7. The van der Waals surface area contributed by atoms with Gasteiger partial charge in [0.05, 0.1) is 39.7 Å². The Bertz CT molecular complexity index is 1300. The first kappa shape index (κ1) is 26.1. The molecule has 7 nitrogen and oxygen atoms in total. The molecule has 0 heterocycles. The van der Waals surface area contributed by atoms with Crippen molar-refractivity contribution in [2.24, 2.45) is 0 Å². The second-order valence-corrected chi connectivity index (χ2v) is 10.1. The van der Waals surface area contributed by atoms with Crippen LogP contribution in [0.15, 0.2) is 82.6 Å². The lowest BCUT2D eigenvalue weighted by Gasteiger charge is -2.18. The van der Waals surface area contributed by atoms with E-state index in [-0.39, 0.29) is 22.4 Å². The molecule has 0 spiro atoms. The van der Waals surface area contributed by atoms with E-state index in [9.17, 15) is 18.3 Å². The van der Waals surface area contributed by atoms with Crippen molar-refractivity contribution in [3.8, 4) is 6.07 Å². The summed E-state index contributed by atoms with van der Waals surface area (Å²) in [6, 6.07) is 21.3. The first-order valence-corrected chi connectivity index (χ1v) is 12.8. The molecule has 3 aromatic carbocycles. The van der Waals surface area contributed by atoms with E-state index in [2.05, 4.69) is 11.4 Å². The highest BCUT2D eigenvalue weighted by Gasteiger charge is 2.19. The maximum absolute atomic E-state index is 13.0. The summed E-state index contributed by atoms with van der Waals surface area (Å²) in [6.45, 7) is 4.26. The molecule has 0 aromatic heterocycles. The Morgan fingerprint density at radius 2 is 1.69 bits per heavy atom. The zero-order valence-corrected chi connectivity index (χ0v) is 20.5. The predicted molar refractivity (Wildman–Crippen MR) is 132 cm³/mol. The van der Waals surface area contributed by atoms with Crippen LogP contribution < -0.4 is 5.32 Å². The summed E-state index contributed by atoms with van der Waals surface area (Å²) in [5.41, 5.74) is 2.42. The zero-order chi connectivity index (χ0) is 25.4. The van der Waals surface area contributed by atoms with E-state index in [0.29, 0.717) is 29.7 Å². The van der Waals surface area contributed by atoms with E-state index >= 15 is 0 Å². The van der Waals surface area contributed by atoms with Crippen LogP contribution in [-0.2, 0) is 21.0 Å². The topological polar surface area (TPSA) is 116 Å². The minimum Gasteiger partial charge on any atom is -0.462 e. The monoisotopic (exact) mass is 492 g/mol. The number of esters is 1. The van der Waals surface area contributed by atoms with Gasteiger partial charge in [-0.15, -0.1) is 0 Å². The molecule has 8 heteroatoms. The van der Waals surface area contributed by atoms with E-state index < -0.39 is 21.9 Å². The van der Waals surface area contributed by atoms with Gasteiger partial charge in [-0.05, 0) is 79.9 Å². The molecule has 0 aliphatic rings. The van der Waals surface area contributed by atoms with Gasteiger partial charge < -0.3 is 15.2 Å². The second kappa shape index (κ2) is 11.8. The molecule has 0 fully saturated rings. The third kappa shape index (κ3) is 6.76. The predicted octanol–water partition coefficient (Wildman–Crippen LogP) is 3.82. The number of benzene rings is 3. The van der Waals surface area contributed by atoms with Gasteiger partial charge in [0.2, 0.25) is 9.84 Å². The molecular weight excluding hydrogens is 464 g/mol. The quantitative estimate of drug-likeness (QED) is 0.413. The SMILES string of the molecule is CCOC(=O)c1ccc(S(=O)(=O)c2ccc(C[C@@H](C)NC[C@H](O)c3cccc(C#N)c3)cc2)cc1. The van der Waals surface area contributed by atoms with Gasteiger partial charge in [0.25, 0.3) is 0 Å². The molecule has 182 valence electrons. The summed E-state index contributed by atoms with van der Waals surface area (Å²) < 4.78 is 30.8. The number of nitrogens with zero attached hydrogens (tertiary/aromatic N) is 1. The number of aliphatic hydroxyl groups is 1. The first-order valence-electron chi connectivity index (χ1n) is 11.3. The Labute approximate surface area is 205 Å². The molecular formula is C27H28N2O5S. The maximum atomic E-state index is 13.0. The standard InChI is InChI=1S/C27H28N2O5S/c1-3-34-27(31)22-9-13-25(14-10-22)35(32,33)24-11-7-20(8-12-24)15-19(2)29-18-26(30)23-6-4-5-21(16-23)17-28/h4-14,16,19,26,29-30H,3,15,18H2,1-2H3/t19-,26+/m1/s1. The van der Waals surface area contributed by atoms with Crippen LogP contribution in [-0.4, -0.2) is 38.7 Å². The summed E-state index contributed by atoms with van der Waals surface area (Å²) in [5.74, 6) is -0.494. The smallest absolute Gasteiger partial charge is 0.338 e. The molecule has 3 rings (SSSR count). The summed E-state index contributed by atoms with van der Waals surface area (Å²) in [4.78, 5) is 12.0. The molecule has 0 aliphatic heterocycles. The van der Waals surface area contributed by atoms with Crippen molar-refractivity contribution in [2.45, 2.75) is 42.2 Å². The van der Waals surface area contributed by atoms with Gasteiger partial charge in [-0.3, -0.25) is 0 Å². The van der Waals surface area contributed by atoms with Crippen molar-refractivity contribution < 1.29 is 23.1 Å². The van der Waals surface area contributed by atoms with Crippen LogP contribution in [0.4, 0.5) is 0 Å². The largest absolute Gasteiger partial charge is 0.462 e. The summed E-state index contributed by atoms with van der Waals surface area (Å²) in [5, 5.41) is 22.7. The fourth-order valence-electron chi connectivity index (χ4n) is 3.60. The van der Waals surface area contributed by atoms with Crippen LogP contribution in [0.1, 0.15) is 47.0 Å². The second-order valence-electron chi connectivity index (χ2n) is 8.16. The molecule has 0 aliphatic carbocycles. The van der Waals surface area contributed by atoms with Gasteiger partial charge >= 0.3 is 5.97 Å². The van der Waals surface area contributed by atoms with E-state index in [4.69, 9.17) is 10.00 Å². The number of hydrogen-bond donors (Lipinski definition) is 2. The number of ether oxygens (including phenoxy) is 1. The summed E-state index contributed by atoms with van der Waals surface area (Å²) >= 11 is 0. The van der Waals surface area contributed by atoms with Gasteiger partial charge in [0, 0.05) is 12.6 Å². The highest BCUT2D eigenvalue weighted by Crippen LogP contribution is 2.22. The number of aliphatic hydroxyl groups excluding tert-OH is 1. The average Bonchev–Trinajstić information content (AvgIpc) is 2.88. The molecule has 0 amide bonds. The van der Waals surface area contributed by atoms with Gasteiger partial charge in [-0.25, -0.2) is 13.2 Å². The normalized spacial score (nSPS) is 13.0. The highest BCUT2D eigenvalue weighted by molar-refractivity contribution is 7.91. The molecule has 0 saturated carbocycles. The summed E-state index contributed by atoms with van der Waals surface area (Å²) in [7, 11) is -3.72. The highest BCUT2D eigenvalue weighted by atomic mass is 32.2. The first-order chi connectivity index (χ1) is 16.7. The van der Waals surface area contributed by atoms with Crippen LogP contribution in [0.5, 0.6) is 0 Å². The number of rotatable bonds is 10. The maximum Gasteiger partial charge on any atom is 0.338 e. The van der Waals surface area contributed by atoms with Crippen molar-refractivity contribution >= 4 is 15.8 Å². The van der Waals surface area contributed by atoms with E-state index in [0.717, 1.165) is 5.56 Å². The minimum atomic E-state index is -3.72. The molecule has 0 radical (unpaired) electrons. The Hall–Kier alpha value is -3.51. The van der Waals surface area contributed by atoms with Crippen molar-refractivity contribution in [3.05, 3.63) is 95.1 Å². The zero-order valence-electron chi connectivity index (χ0n) is 19.6. The van der Waals surface area contributed by atoms with Gasteiger partial charge in [0.15, 0.2) is 0 Å². The van der Waals surface area contributed by atoms with Gasteiger partial charge in [0.1, 0.15) is 0 Å². The fraction of sp³-hybridized carbons (Fsp3) is 0.259. The Morgan fingerprint density at radius 1 is 1.06 bits per heavy atom. The van der Waals surface area contributed by atoms with Crippen LogP contribution in [0.3, 0.4) is 0 Å². The lowest BCUT2D eigenvalue weighted by molar-refractivity contribution is 0.0526. The van der Waals surface area contributed by atoms with E-state index in [1.165, 1.54) is 24.3 Å². The molecule has 0 saturated heterocycles. The average molecular weight is 493 g/mol. The van der Waals surface area contributed by atoms with Crippen LogP contribution in [0.25, 0.3) is 0 Å². The number of carbonyl (C=O) groups excluding carboxylic acids is 1. The Balaban J connectivity index is 1.59. The lowest BCUT2D eigenvalue weighted by Crippen LogP contribution is -2.32. The van der Waals surface area contributed by atoms with Crippen molar-refractivity contribution in [1.29, 1.82) is 5.26 Å². The molecule has 2 N–H and O–H groups in total. The van der Waals surface area contributed by atoms with Gasteiger partial charge in [-0.1, -0.05) is 24.3 Å². The van der Waals surface area contributed by atoms with E-state index in [1.807, 2.05) is 6.92 Å². The van der Waals surface area contributed by atoms with Crippen molar-refractivity contribution in [3.63, 3.8) is 0 Å². The third-order valence-electron chi connectivity index (χ3n) is 5.51. The Morgan fingerprint density at radius 3 is 2.29 bits per heavy atom. The molecule has 2 atom stereocenters. The number of carbonyl (C=O) groups is 1. The molecule has 0 bridgehead atoms. The van der Waals surface area contributed by atoms with Crippen molar-refractivity contribution in [1.82, 2.24) is 5.32 Å². The molecule has 0 unspecified atom stereocenters. The van der Waals surface area contributed by atoms with Crippen LogP contribution in [0, 0.1) is 11.3 Å².